The smallest absolute Gasteiger partial charge is 0.407 e. The van der Waals surface area contributed by atoms with Gasteiger partial charge in [0.2, 0.25) is 5.91 Å². The van der Waals surface area contributed by atoms with Gasteiger partial charge in [0.1, 0.15) is 12.1 Å². The second kappa shape index (κ2) is 7.57. The van der Waals surface area contributed by atoms with Crippen LogP contribution in [0.15, 0.2) is 48.5 Å². The maximum Gasteiger partial charge on any atom is 0.407 e. The molecule has 4 fully saturated rings. The average Bonchev–Trinajstić information content (AvgIpc) is 3.40. The third-order valence-electron chi connectivity index (χ3n) is 8.82. The van der Waals surface area contributed by atoms with E-state index in [4.69, 9.17) is 4.74 Å². The number of rotatable bonds is 6. The number of carboxylic acids is 1. The topological polar surface area (TPSA) is 95.9 Å². The van der Waals surface area contributed by atoms with E-state index in [1.54, 1.807) is 4.90 Å². The quantitative estimate of drug-likeness (QED) is 0.655. The van der Waals surface area contributed by atoms with Gasteiger partial charge in [0.05, 0.1) is 5.41 Å². The highest BCUT2D eigenvalue weighted by atomic mass is 16.5. The van der Waals surface area contributed by atoms with Gasteiger partial charge in [0, 0.05) is 19.0 Å². The number of benzene rings is 2. The van der Waals surface area contributed by atoms with Gasteiger partial charge >= 0.3 is 12.1 Å². The second-order valence-electron chi connectivity index (χ2n) is 11.2. The predicted molar refractivity (Wildman–Crippen MR) is 129 cm³/mol. The van der Waals surface area contributed by atoms with Crippen molar-refractivity contribution in [3.63, 3.8) is 0 Å². The van der Waals surface area contributed by atoms with E-state index in [2.05, 4.69) is 29.6 Å². The molecule has 7 heteroatoms. The van der Waals surface area contributed by atoms with Crippen molar-refractivity contribution in [2.24, 2.45) is 10.8 Å². The number of aliphatic carboxylic acids is 1. The Morgan fingerprint density at radius 1 is 1.03 bits per heavy atom. The molecule has 2 aliphatic heterocycles. The highest BCUT2D eigenvalue weighted by molar-refractivity contribution is 5.93. The lowest BCUT2D eigenvalue weighted by Gasteiger charge is -2.47. The number of hydrogen-bond acceptors (Lipinski definition) is 4. The van der Waals surface area contributed by atoms with Crippen LogP contribution in [0.1, 0.15) is 56.1 Å². The van der Waals surface area contributed by atoms with Crippen LogP contribution in [0.25, 0.3) is 11.1 Å². The highest BCUT2D eigenvalue weighted by Gasteiger charge is 2.70. The van der Waals surface area contributed by atoms with E-state index < -0.39 is 23.0 Å². The van der Waals surface area contributed by atoms with Crippen molar-refractivity contribution in [3.8, 4) is 11.1 Å². The Morgan fingerprint density at radius 3 is 2.17 bits per heavy atom. The molecule has 182 valence electrons. The fourth-order valence-corrected chi connectivity index (χ4v) is 6.98. The maximum absolute atomic E-state index is 13.6. The summed E-state index contributed by atoms with van der Waals surface area (Å²) < 4.78 is 5.64. The molecule has 2 aromatic rings. The van der Waals surface area contributed by atoms with Crippen molar-refractivity contribution in [2.75, 3.05) is 19.7 Å². The fourth-order valence-electron chi connectivity index (χ4n) is 6.98. The molecule has 2 saturated carbocycles. The SMILES string of the molecule is CC12CN(C(=O)C3(CNC(=O)OCC4c5ccccc5-c5ccccc54)CCC3)C(C(=O)O)(C1)C2. The third-order valence-corrected chi connectivity index (χ3v) is 8.82. The molecule has 5 aliphatic rings. The molecule has 7 rings (SSSR count). The molecule has 0 radical (unpaired) electrons. The molecule has 0 unspecified atom stereocenters. The molecule has 2 bridgehead atoms. The average molecular weight is 475 g/mol. The van der Waals surface area contributed by atoms with Gasteiger partial charge in [-0.3, -0.25) is 4.79 Å². The van der Waals surface area contributed by atoms with Crippen LogP contribution in [0, 0.1) is 10.8 Å². The van der Waals surface area contributed by atoms with E-state index >= 15 is 0 Å². The number of carbonyl (C=O) groups is 3. The summed E-state index contributed by atoms with van der Waals surface area (Å²) in [7, 11) is 0. The number of fused-ring (bicyclic) bond motifs is 4. The zero-order chi connectivity index (χ0) is 24.4. The number of amides is 2. The molecular weight excluding hydrogens is 444 g/mol. The second-order valence-corrected chi connectivity index (χ2v) is 11.2. The third kappa shape index (κ3) is 3.20. The highest BCUT2D eigenvalue weighted by Crippen LogP contribution is 2.61. The van der Waals surface area contributed by atoms with E-state index in [0.29, 0.717) is 32.2 Å². The zero-order valence-corrected chi connectivity index (χ0v) is 19.9. The minimum Gasteiger partial charge on any atom is -0.479 e. The molecular formula is C28H30N2O5. The Morgan fingerprint density at radius 2 is 1.63 bits per heavy atom. The van der Waals surface area contributed by atoms with Crippen molar-refractivity contribution in [1.29, 1.82) is 0 Å². The normalized spacial score (nSPS) is 27.3. The van der Waals surface area contributed by atoms with Gasteiger partial charge in [-0.25, -0.2) is 9.59 Å². The summed E-state index contributed by atoms with van der Waals surface area (Å²) in [4.78, 5) is 39.9. The summed E-state index contributed by atoms with van der Waals surface area (Å²) in [6.45, 7) is 2.91. The lowest BCUT2D eigenvalue weighted by Crippen LogP contribution is -2.61. The van der Waals surface area contributed by atoms with E-state index in [0.717, 1.165) is 17.5 Å². The first-order chi connectivity index (χ1) is 16.8. The lowest BCUT2D eigenvalue weighted by atomic mass is 9.62. The maximum atomic E-state index is 13.6. The Kier molecular flexibility index (Phi) is 4.79. The summed E-state index contributed by atoms with van der Waals surface area (Å²) in [6, 6.07) is 16.3. The van der Waals surface area contributed by atoms with Crippen LogP contribution in [0.3, 0.4) is 0 Å². The van der Waals surface area contributed by atoms with Crippen LogP contribution in [0.2, 0.25) is 0 Å². The Balaban J connectivity index is 1.11. The molecule has 3 aliphatic carbocycles. The number of carbonyl (C=O) groups excluding carboxylic acids is 2. The number of carboxylic acid groups (broad SMARTS) is 1. The minimum absolute atomic E-state index is 0.0278. The Labute approximate surface area is 204 Å². The molecule has 0 aromatic heterocycles. The largest absolute Gasteiger partial charge is 0.479 e. The van der Waals surface area contributed by atoms with Crippen molar-refractivity contribution in [2.45, 2.75) is 50.5 Å². The fraction of sp³-hybridized carbons (Fsp3) is 0.464. The van der Waals surface area contributed by atoms with Gasteiger partial charge in [0.25, 0.3) is 0 Å². The molecule has 7 nitrogen and oxygen atoms in total. The molecule has 0 spiro atoms. The van der Waals surface area contributed by atoms with Gasteiger partial charge in [-0.15, -0.1) is 0 Å². The summed E-state index contributed by atoms with van der Waals surface area (Å²) in [5, 5.41) is 12.7. The van der Waals surface area contributed by atoms with Crippen LogP contribution in [0.4, 0.5) is 4.79 Å². The van der Waals surface area contributed by atoms with Crippen molar-refractivity contribution >= 4 is 18.0 Å². The van der Waals surface area contributed by atoms with E-state index in [9.17, 15) is 19.5 Å². The molecule has 35 heavy (non-hydrogen) atoms. The number of hydrogen-bond donors (Lipinski definition) is 2. The van der Waals surface area contributed by atoms with Crippen LogP contribution < -0.4 is 5.32 Å². The number of nitrogens with one attached hydrogen (secondary N) is 1. The van der Waals surface area contributed by atoms with Gasteiger partial charge in [-0.1, -0.05) is 61.9 Å². The van der Waals surface area contributed by atoms with Crippen molar-refractivity contribution in [3.05, 3.63) is 59.7 Å². The van der Waals surface area contributed by atoms with Gasteiger partial charge < -0.3 is 20.1 Å². The van der Waals surface area contributed by atoms with Crippen LogP contribution in [0.5, 0.6) is 0 Å². The molecule has 0 atom stereocenters. The van der Waals surface area contributed by atoms with Crippen molar-refractivity contribution in [1.82, 2.24) is 10.2 Å². The van der Waals surface area contributed by atoms with E-state index in [1.165, 1.54) is 11.1 Å². The summed E-state index contributed by atoms with van der Waals surface area (Å²) >= 11 is 0. The number of alkyl carbamates (subject to hydrolysis) is 1. The van der Waals surface area contributed by atoms with Crippen LogP contribution >= 0.6 is 0 Å². The number of ether oxygens (including phenoxy) is 1. The molecule has 2 saturated heterocycles. The lowest BCUT2D eigenvalue weighted by molar-refractivity contribution is -0.166. The summed E-state index contributed by atoms with van der Waals surface area (Å²) in [5.41, 5.74) is 2.71. The van der Waals surface area contributed by atoms with E-state index in [-0.39, 0.29) is 30.4 Å². The van der Waals surface area contributed by atoms with Gasteiger partial charge in [-0.2, -0.15) is 0 Å². The molecule has 2 N–H and O–H groups in total. The molecule has 2 heterocycles. The Hall–Kier alpha value is -3.35. The monoisotopic (exact) mass is 474 g/mol. The van der Waals surface area contributed by atoms with Crippen molar-refractivity contribution < 1.29 is 24.2 Å². The van der Waals surface area contributed by atoms with Gasteiger partial charge in [-0.05, 0) is 53.4 Å². The summed E-state index contributed by atoms with van der Waals surface area (Å²) in [6.07, 6.45) is 2.67. The van der Waals surface area contributed by atoms with Gasteiger partial charge in [0.15, 0.2) is 0 Å². The predicted octanol–water partition coefficient (Wildman–Crippen LogP) is 4.16. The van der Waals surface area contributed by atoms with E-state index in [1.807, 2.05) is 31.2 Å². The summed E-state index contributed by atoms with van der Waals surface area (Å²) in [5.74, 6) is -1.08. The molecule has 2 amide bonds. The first-order valence-corrected chi connectivity index (χ1v) is 12.4. The number of nitrogens with zero attached hydrogens (tertiary/aromatic N) is 1. The van der Waals surface area contributed by atoms with Crippen LogP contribution in [-0.2, 0) is 14.3 Å². The minimum atomic E-state index is -1.07. The van der Waals surface area contributed by atoms with Crippen LogP contribution in [-0.4, -0.2) is 53.2 Å². The zero-order valence-electron chi connectivity index (χ0n) is 19.9. The first kappa shape index (κ1) is 22.1. The Bertz CT molecular complexity index is 1180. The molecule has 2 aromatic carbocycles. The first-order valence-electron chi connectivity index (χ1n) is 12.4. The standard InChI is InChI=1S/C28H30N2O5/c1-26-14-28(15-26,24(32)33)30(17-26)23(31)27(11-6-12-27)16-29-25(34)35-13-22-20-9-4-2-7-18(20)19-8-3-5-10-21(19)22/h2-5,7-10,22H,6,11-17H2,1H3,(H,29,34)(H,32,33).